The molecule has 1 unspecified atom stereocenters. The van der Waals surface area contributed by atoms with Crippen LogP contribution in [0.15, 0.2) is 10.2 Å². The molecule has 0 bridgehead atoms. The maximum absolute atomic E-state index is 11.4. The number of carbonyl (C=O) groups excluding carboxylic acids is 2. The number of azo groups is 1. The Hall–Kier alpha value is -1.46. The lowest BCUT2D eigenvalue weighted by atomic mass is 10.0. The lowest BCUT2D eigenvalue weighted by Gasteiger charge is -2.12. The predicted octanol–water partition coefficient (Wildman–Crippen LogP) is 6.29. The molecule has 6 nitrogen and oxygen atoms in total. The first-order chi connectivity index (χ1) is 11.6. The van der Waals surface area contributed by atoms with Gasteiger partial charge in [0.25, 0.3) is 0 Å². The fraction of sp³-hybridized carbons (Fsp3) is 0.889. The van der Waals surface area contributed by atoms with Gasteiger partial charge < -0.3 is 9.47 Å². The molecule has 0 fully saturated rings. The van der Waals surface area contributed by atoms with Gasteiger partial charge in [-0.15, -0.1) is 0 Å². The van der Waals surface area contributed by atoms with Crippen LogP contribution in [0.2, 0.25) is 0 Å². The molecule has 24 heavy (non-hydrogen) atoms. The Balaban J connectivity index is 3.74. The van der Waals surface area contributed by atoms with E-state index in [9.17, 15) is 9.59 Å². The second-order valence-electron chi connectivity index (χ2n) is 6.08. The molecule has 0 aromatic heterocycles. The standard InChI is InChI=1S/C18H34N2O4/c1-4-7-9-10-11-12-14-23-17(21)19-20-18(22)24-15-16(6-3)13-8-5-2/h16H,4-15H2,1-3H3. The van der Waals surface area contributed by atoms with Crippen molar-refractivity contribution in [2.24, 2.45) is 16.1 Å². The van der Waals surface area contributed by atoms with Crippen molar-refractivity contribution in [1.82, 2.24) is 0 Å². The van der Waals surface area contributed by atoms with E-state index >= 15 is 0 Å². The van der Waals surface area contributed by atoms with Gasteiger partial charge in [0.2, 0.25) is 0 Å². The molecule has 6 heteroatoms. The first-order valence-corrected chi connectivity index (χ1v) is 9.39. The normalized spacial score (nSPS) is 12.3. The third-order valence-electron chi connectivity index (χ3n) is 3.92. The van der Waals surface area contributed by atoms with Crippen molar-refractivity contribution in [3.05, 3.63) is 0 Å². The fourth-order valence-electron chi connectivity index (χ4n) is 2.27. The summed E-state index contributed by atoms with van der Waals surface area (Å²) in [5, 5.41) is 6.47. The van der Waals surface area contributed by atoms with E-state index in [4.69, 9.17) is 9.47 Å². The molecule has 1 atom stereocenters. The average Bonchev–Trinajstić information content (AvgIpc) is 2.59. The summed E-state index contributed by atoms with van der Waals surface area (Å²) in [6, 6.07) is 0. The van der Waals surface area contributed by atoms with Crippen LogP contribution in [0.4, 0.5) is 9.59 Å². The van der Waals surface area contributed by atoms with Crippen molar-refractivity contribution in [3.8, 4) is 0 Å². The summed E-state index contributed by atoms with van der Waals surface area (Å²) in [5.74, 6) is 0.337. The highest BCUT2D eigenvalue weighted by molar-refractivity contribution is 5.73. The van der Waals surface area contributed by atoms with Crippen LogP contribution in [0, 0.1) is 5.92 Å². The number of amides is 2. The van der Waals surface area contributed by atoms with Crippen molar-refractivity contribution < 1.29 is 19.1 Å². The molecule has 0 saturated carbocycles. The molecule has 140 valence electrons. The predicted molar refractivity (Wildman–Crippen MR) is 94.2 cm³/mol. The van der Waals surface area contributed by atoms with Gasteiger partial charge in [-0.1, -0.05) is 82.4 Å². The Kier molecular flexibility index (Phi) is 15.4. The fourth-order valence-corrected chi connectivity index (χ4v) is 2.27. The second-order valence-corrected chi connectivity index (χ2v) is 6.08. The summed E-state index contributed by atoms with van der Waals surface area (Å²) in [6.07, 6.45) is 9.20. The summed E-state index contributed by atoms with van der Waals surface area (Å²) in [5.41, 5.74) is 0. The van der Waals surface area contributed by atoms with E-state index < -0.39 is 12.2 Å². The van der Waals surface area contributed by atoms with Gasteiger partial charge in [-0.3, -0.25) is 0 Å². The zero-order chi connectivity index (χ0) is 18.0. The van der Waals surface area contributed by atoms with Gasteiger partial charge in [0.15, 0.2) is 0 Å². The van der Waals surface area contributed by atoms with Gasteiger partial charge in [-0.2, -0.15) is 0 Å². The van der Waals surface area contributed by atoms with Gasteiger partial charge in [-0.25, -0.2) is 9.59 Å². The minimum atomic E-state index is -0.835. The van der Waals surface area contributed by atoms with E-state index in [1.807, 2.05) is 0 Å². The smallest absolute Gasteiger partial charge is 0.447 e. The first kappa shape index (κ1) is 22.5. The Bertz CT molecular complexity index is 359. The molecule has 0 aromatic carbocycles. The average molecular weight is 342 g/mol. The zero-order valence-corrected chi connectivity index (χ0v) is 15.6. The van der Waals surface area contributed by atoms with Gasteiger partial charge in [-0.05, 0) is 18.8 Å². The third-order valence-corrected chi connectivity index (χ3v) is 3.92. The van der Waals surface area contributed by atoms with Crippen LogP contribution in [0.25, 0.3) is 0 Å². The van der Waals surface area contributed by atoms with Gasteiger partial charge in [0.1, 0.15) is 0 Å². The van der Waals surface area contributed by atoms with E-state index in [0.29, 0.717) is 19.1 Å². The highest BCUT2D eigenvalue weighted by Crippen LogP contribution is 2.13. The van der Waals surface area contributed by atoms with Crippen LogP contribution in [-0.4, -0.2) is 25.4 Å². The van der Waals surface area contributed by atoms with E-state index in [0.717, 1.165) is 44.9 Å². The zero-order valence-electron chi connectivity index (χ0n) is 15.6. The SMILES string of the molecule is CCCCCCCCOC(=O)N=NC(=O)OCC(CC)CCCC. The molecule has 0 aliphatic rings. The Morgan fingerprint density at radius 1 is 0.792 bits per heavy atom. The number of nitrogens with zero attached hydrogens (tertiary/aromatic N) is 2. The van der Waals surface area contributed by atoms with Crippen molar-refractivity contribution in [2.45, 2.75) is 85.0 Å². The van der Waals surface area contributed by atoms with E-state index in [-0.39, 0.29) is 0 Å². The van der Waals surface area contributed by atoms with E-state index in [1.54, 1.807) is 0 Å². The summed E-state index contributed by atoms with van der Waals surface area (Å²) in [6.45, 7) is 7.00. The molecular weight excluding hydrogens is 308 g/mol. The molecule has 2 amide bonds. The molecule has 0 aliphatic heterocycles. The third kappa shape index (κ3) is 14.2. The number of ether oxygens (including phenoxy) is 2. The van der Waals surface area contributed by atoms with Gasteiger partial charge >= 0.3 is 12.2 Å². The maximum atomic E-state index is 11.4. The molecule has 0 heterocycles. The van der Waals surface area contributed by atoms with Crippen molar-refractivity contribution >= 4 is 12.2 Å². The minimum Gasteiger partial charge on any atom is -0.447 e. The molecule has 0 radical (unpaired) electrons. The maximum Gasteiger partial charge on any atom is 0.452 e. The van der Waals surface area contributed by atoms with Crippen LogP contribution < -0.4 is 0 Å². The highest BCUT2D eigenvalue weighted by Gasteiger charge is 2.10. The minimum absolute atomic E-state index is 0.313. The molecule has 0 aromatic rings. The largest absolute Gasteiger partial charge is 0.452 e. The molecule has 0 aliphatic carbocycles. The second kappa shape index (κ2) is 16.4. The lowest BCUT2D eigenvalue weighted by molar-refractivity contribution is 0.128. The summed E-state index contributed by atoms with van der Waals surface area (Å²) >= 11 is 0. The Morgan fingerprint density at radius 2 is 1.38 bits per heavy atom. The van der Waals surface area contributed by atoms with Crippen LogP contribution >= 0.6 is 0 Å². The van der Waals surface area contributed by atoms with Crippen LogP contribution in [0.1, 0.15) is 85.0 Å². The number of hydrogen-bond donors (Lipinski definition) is 0. The monoisotopic (exact) mass is 342 g/mol. The quantitative estimate of drug-likeness (QED) is 0.291. The molecular formula is C18H34N2O4. The summed E-state index contributed by atoms with van der Waals surface area (Å²) in [7, 11) is 0. The lowest BCUT2D eigenvalue weighted by Crippen LogP contribution is -2.11. The number of rotatable bonds is 13. The number of unbranched alkanes of at least 4 members (excludes halogenated alkanes) is 6. The molecule has 0 rings (SSSR count). The highest BCUT2D eigenvalue weighted by atomic mass is 16.6. The summed E-state index contributed by atoms with van der Waals surface area (Å²) in [4.78, 5) is 22.8. The van der Waals surface area contributed by atoms with Crippen molar-refractivity contribution in [3.63, 3.8) is 0 Å². The van der Waals surface area contributed by atoms with Crippen LogP contribution in [-0.2, 0) is 9.47 Å². The van der Waals surface area contributed by atoms with Crippen molar-refractivity contribution in [2.75, 3.05) is 13.2 Å². The Labute approximate surface area is 146 Å². The number of hydrogen-bond acceptors (Lipinski definition) is 4. The molecule has 0 spiro atoms. The summed E-state index contributed by atoms with van der Waals surface area (Å²) < 4.78 is 9.91. The molecule has 0 N–H and O–H groups in total. The van der Waals surface area contributed by atoms with Gasteiger partial charge in [0, 0.05) is 0 Å². The van der Waals surface area contributed by atoms with Crippen molar-refractivity contribution in [1.29, 1.82) is 0 Å². The van der Waals surface area contributed by atoms with Gasteiger partial charge in [0.05, 0.1) is 13.2 Å². The van der Waals surface area contributed by atoms with Crippen LogP contribution in [0.5, 0.6) is 0 Å². The van der Waals surface area contributed by atoms with E-state index in [1.165, 1.54) is 19.3 Å². The van der Waals surface area contributed by atoms with Crippen LogP contribution in [0.3, 0.4) is 0 Å². The molecule has 0 saturated heterocycles. The first-order valence-electron chi connectivity index (χ1n) is 9.39. The van der Waals surface area contributed by atoms with E-state index in [2.05, 4.69) is 31.0 Å². The number of carbonyl (C=O) groups is 2. The Morgan fingerprint density at radius 3 is 2.00 bits per heavy atom. The topological polar surface area (TPSA) is 77.3 Å².